The Morgan fingerprint density at radius 1 is 1.05 bits per heavy atom. The molecule has 0 aliphatic carbocycles. The number of halogens is 1. The highest BCUT2D eigenvalue weighted by atomic mass is 79.9. The van der Waals surface area contributed by atoms with Crippen molar-refractivity contribution in [2.24, 2.45) is 0 Å². The Hall–Kier alpha value is -2.01. The van der Waals surface area contributed by atoms with Crippen LogP contribution in [0.15, 0.2) is 34.8 Å². The fourth-order valence-electron chi connectivity index (χ4n) is 2.04. The SMILES string of the molecule is COc1cc(N)ccc1C(=O)c1cc(Br)c(C)cc1OC. The predicted octanol–water partition coefficient (Wildman–Crippen LogP) is 3.59. The molecule has 2 rings (SSSR count). The lowest BCUT2D eigenvalue weighted by Gasteiger charge is -2.12. The normalized spacial score (nSPS) is 10.3. The maximum Gasteiger partial charge on any atom is 0.200 e. The molecule has 4 nitrogen and oxygen atoms in total. The summed E-state index contributed by atoms with van der Waals surface area (Å²) in [7, 11) is 3.05. The average molecular weight is 350 g/mol. The van der Waals surface area contributed by atoms with Gasteiger partial charge in [-0.2, -0.15) is 0 Å². The van der Waals surface area contributed by atoms with Crippen LogP contribution in [-0.2, 0) is 0 Å². The van der Waals surface area contributed by atoms with E-state index < -0.39 is 0 Å². The first-order chi connectivity index (χ1) is 9.97. The van der Waals surface area contributed by atoms with Gasteiger partial charge in [0.15, 0.2) is 0 Å². The lowest BCUT2D eigenvalue weighted by molar-refractivity contribution is 0.103. The number of rotatable bonds is 4. The van der Waals surface area contributed by atoms with Crippen molar-refractivity contribution in [1.82, 2.24) is 0 Å². The van der Waals surface area contributed by atoms with Gasteiger partial charge in [0, 0.05) is 16.2 Å². The molecule has 2 aromatic carbocycles. The number of methoxy groups -OCH3 is 2. The second-order valence-electron chi connectivity index (χ2n) is 4.59. The molecule has 110 valence electrons. The smallest absolute Gasteiger partial charge is 0.200 e. The van der Waals surface area contributed by atoms with Crippen molar-refractivity contribution in [3.05, 3.63) is 51.5 Å². The second-order valence-corrected chi connectivity index (χ2v) is 5.44. The molecule has 0 unspecified atom stereocenters. The third-order valence-corrected chi connectivity index (χ3v) is 4.05. The molecular formula is C16H16BrNO3. The number of carbonyl (C=O) groups excluding carboxylic acids is 1. The molecule has 0 bridgehead atoms. The largest absolute Gasteiger partial charge is 0.496 e. The molecule has 2 N–H and O–H groups in total. The second kappa shape index (κ2) is 6.18. The molecule has 0 heterocycles. The number of ketones is 1. The minimum absolute atomic E-state index is 0.176. The fourth-order valence-corrected chi connectivity index (χ4v) is 2.39. The van der Waals surface area contributed by atoms with E-state index in [1.54, 1.807) is 31.4 Å². The first-order valence-corrected chi connectivity index (χ1v) is 7.09. The van der Waals surface area contributed by atoms with Gasteiger partial charge in [-0.25, -0.2) is 0 Å². The summed E-state index contributed by atoms with van der Waals surface area (Å²) in [6, 6.07) is 8.53. The summed E-state index contributed by atoms with van der Waals surface area (Å²) >= 11 is 3.44. The van der Waals surface area contributed by atoms with E-state index >= 15 is 0 Å². The van der Waals surface area contributed by atoms with Crippen molar-refractivity contribution in [1.29, 1.82) is 0 Å². The van der Waals surface area contributed by atoms with Crippen molar-refractivity contribution < 1.29 is 14.3 Å². The Morgan fingerprint density at radius 2 is 1.67 bits per heavy atom. The summed E-state index contributed by atoms with van der Waals surface area (Å²) < 4.78 is 11.4. The van der Waals surface area contributed by atoms with Crippen LogP contribution in [-0.4, -0.2) is 20.0 Å². The number of nitrogens with two attached hydrogens (primary N) is 1. The number of hydrogen-bond donors (Lipinski definition) is 1. The highest BCUT2D eigenvalue weighted by Gasteiger charge is 2.19. The van der Waals surface area contributed by atoms with Gasteiger partial charge in [0.1, 0.15) is 11.5 Å². The van der Waals surface area contributed by atoms with E-state index in [1.165, 1.54) is 7.11 Å². The van der Waals surface area contributed by atoms with Gasteiger partial charge in [0.05, 0.1) is 25.3 Å². The van der Waals surface area contributed by atoms with Crippen LogP contribution in [0.2, 0.25) is 0 Å². The molecule has 0 spiro atoms. The Bertz CT molecular complexity index is 698. The summed E-state index contributed by atoms with van der Waals surface area (Å²) in [5.74, 6) is 0.794. The summed E-state index contributed by atoms with van der Waals surface area (Å²) in [5.41, 5.74) is 8.17. The number of ether oxygens (including phenoxy) is 2. The van der Waals surface area contributed by atoms with Gasteiger partial charge in [0.2, 0.25) is 5.78 Å². The third kappa shape index (κ3) is 3.03. The molecule has 0 saturated carbocycles. The molecule has 2 aromatic rings. The summed E-state index contributed by atoms with van der Waals surface area (Å²) in [4.78, 5) is 12.8. The summed E-state index contributed by atoms with van der Waals surface area (Å²) in [6.07, 6.45) is 0. The van der Waals surface area contributed by atoms with Gasteiger partial charge in [-0.1, -0.05) is 15.9 Å². The highest BCUT2D eigenvalue weighted by molar-refractivity contribution is 9.10. The number of nitrogen functional groups attached to an aromatic ring is 1. The molecule has 0 aliphatic rings. The number of aryl methyl sites for hydroxylation is 1. The lowest BCUT2D eigenvalue weighted by Crippen LogP contribution is -2.07. The molecule has 0 atom stereocenters. The summed E-state index contributed by atoms with van der Waals surface area (Å²) in [5, 5.41) is 0. The number of benzene rings is 2. The van der Waals surface area contributed by atoms with Gasteiger partial charge in [-0.3, -0.25) is 4.79 Å². The van der Waals surface area contributed by atoms with Crippen LogP contribution in [0.5, 0.6) is 11.5 Å². The van der Waals surface area contributed by atoms with Crippen LogP contribution in [0.25, 0.3) is 0 Å². The molecule has 0 aromatic heterocycles. The molecule has 0 fully saturated rings. The number of hydrogen-bond acceptors (Lipinski definition) is 4. The average Bonchev–Trinajstić information content (AvgIpc) is 2.48. The van der Waals surface area contributed by atoms with Crippen LogP contribution in [0.1, 0.15) is 21.5 Å². The standard InChI is InChI=1S/C16H16BrNO3/c1-9-6-14(20-2)12(8-13(9)17)16(19)11-5-4-10(18)7-15(11)21-3/h4-8H,18H2,1-3H3. The lowest BCUT2D eigenvalue weighted by atomic mass is 10.00. The van der Waals surface area contributed by atoms with E-state index in [0.29, 0.717) is 28.3 Å². The topological polar surface area (TPSA) is 61.5 Å². The van der Waals surface area contributed by atoms with Gasteiger partial charge in [0.25, 0.3) is 0 Å². The van der Waals surface area contributed by atoms with E-state index in [2.05, 4.69) is 15.9 Å². The maximum atomic E-state index is 12.8. The van der Waals surface area contributed by atoms with Crippen molar-refractivity contribution in [2.45, 2.75) is 6.92 Å². The minimum atomic E-state index is -0.176. The zero-order chi connectivity index (χ0) is 15.6. The molecule has 0 aliphatic heterocycles. The van der Waals surface area contributed by atoms with Gasteiger partial charge in [-0.15, -0.1) is 0 Å². The van der Waals surface area contributed by atoms with E-state index in [-0.39, 0.29) is 5.78 Å². The number of anilines is 1. The minimum Gasteiger partial charge on any atom is -0.496 e. The van der Waals surface area contributed by atoms with Crippen molar-refractivity contribution >= 4 is 27.4 Å². The zero-order valence-corrected chi connectivity index (χ0v) is 13.7. The monoisotopic (exact) mass is 349 g/mol. The fraction of sp³-hybridized carbons (Fsp3) is 0.188. The van der Waals surface area contributed by atoms with Crippen molar-refractivity contribution in [3.63, 3.8) is 0 Å². The van der Waals surface area contributed by atoms with E-state index in [0.717, 1.165) is 10.0 Å². The van der Waals surface area contributed by atoms with Crippen LogP contribution in [0.3, 0.4) is 0 Å². The van der Waals surface area contributed by atoms with Crippen LogP contribution >= 0.6 is 15.9 Å². The number of carbonyl (C=O) groups is 1. The molecule has 5 heteroatoms. The first-order valence-electron chi connectivity index (χ1n) is 6.30. The van der Waals surface area contributed by atoms with Gasteiger partial charge < -0.3 is 15.2 Å². The van der Waals surface area contributed by atoms with Gasteiger partial charge in [-0.05, 0) is 36.8 Å². The molecule has 0 saturated heterocycles. The Kier molecular flexibility index (Phi) is 4.53. The predicted molar refractivity (Wildman–Crippen MR) is 86.3 cm³/mol. The zero-order valence-electron chi connectivity index (χ0n) is 12.1. The van der Waals surface area contributed by atoms with Crippen molar-refractivity contribution in [3.8, 4) is 11.5 Å². The Labute approximate surface area is 132 Å². The first kappa shape index (κ1) is 15.4. The van der Waals surface area contributed by atoms with Gasteiger partial charge >= 0.3 is 0 Å². The van der Waals surface area contributed by atoms with E-state index in [9.17, 15) is 4.79 Å². The third-order valence-electron chi connectivity index (χ3n) is 3.20. The summed E-state index contributed by atoms with van der Waals surface area (Å²) in [6.45, 7) is 1.94. The maximum absolute atomic E-state index is 12.8. The molecular weight excluding hydrogens is 334 g/mol. The van der Waals surface area contributed by atoms with Crippen LogP contribution in [0, 0.1) is 6.92 Å². The quantitative estimate of drug-likeness (QED) is 0.676. The molecule has 0 amide bonds. The van der Waals surface area contributed by atoms with Crippen molar-refractivity contribution in [2.75, 3.05) is 20.0 Å². The molecule has 0 radical (unpaired) electrons. The highest BCUT2D eigenvalue weighted by Crippen LogP contribution is 2.31. The Balaban J connectivity index is 2.57. The molecule has 21 heavy (non-hydrogen) atoms. The van der Waals surface area contributed by atoms with E-state index in [1.807, 2.05) is 13.0 Å². The van der Waals surface area contributed by atoms with E-state index in [4.69, 9.17) is 15.2 Å². The van der Waals surface area contributed by atoms with Crippen LogP contribution < -0.4 is 15.2 Å². The Morgan fingerprint density at radius 3 is 2.29 bits per heavy atom. The van der Waals surface area contributed by atoms with Crippen LogP contribution in [0.4, 0.5) is 5.69 Å².